The van der Waals surface area contributed by atoms with Gasteiger partial charge in [0.15, 0.2) is 0 Å². The van der Waals surface area contributed by atoms with Crippen LogP contribution in [-0.4, -0.2) is 17.0 Å². The lowest BCUT2D eigenvalue weighted by Crippen LogP contribution is -2.41. The lowest BCUT2D eigenvalue weighted by atomic mass is 9.94. The van der Waals surface area contributed by atoms with Gasteiger partial charge in [0.25, 0.3) is 0 Å². The van der Waals surface area contributed by atoms with E-state index in [9.17, 15) is 14.4 Å². The van der Waals surface area contributed by atoms with Crippen LogP contribution in [0, 0.1) is 31.0 Å². The monoisotopic (exact) mass is 442 g/mol. The van der Waals surface area contributed by atoms with Crippen molar-refractivity contribution < 1.29 is 13.6 Å². The molecule has 2 heterocycles. The molecule has 162 valence electrons. The first-order chi connectivity index (χ1) is 14.6. The van der Waals surface area contributed by atoms with Crippen LogP contribution in [0.4, 0.5) is 10.2 Å². The highest BCUT2D eigenvalue weighted by Gasteiger charge is 2.25. The molecule has 0 aliphatic heterocycles. The molecule has 2 aromatic heterocycles. The Balaban J connectivity index is 1.78. The van der Waals surface area contributed by atoms with E-state index in [2.05, 4.69) is 16.7 Å². The largest absolute Gasteiger partial charge is 0.467 e. The lowest BCUT2D eigenvalue weighted by molar-refractivity contribution is -0.115. The highest BCUT2D eigenvalue weighted by molar-refractivity contribution is 6.31. The third-order valence-corrected chi connectivity index (χ3v) is 5.70. The standard InChI is InChI=1S/C23H24ClFN4O2/c1-14-15(2)29(13-17-6-5-9-31-17)22(18(14)11-26)28-21(30)12-27-23(3,4)19-8-7-16(25)10-20(19)24/h5-10,27H,12-13H2,1-4H3,(H,28,30). The number of furan rings is 1. The third-order valence-electron chi connectivity index (χ3n) is 5.39. The Kier molecular flexibility index (Phi) is 6.54. The van der Waals surface area contributed by atoms with Crippen LogP contribution in [0.25, 0.3) is 0 Å². The summed E-state index contributed by atoms with van der Waals surface area (Å²) in [7, 11) is 0. The first-order valence-corrected chi connectivity index (χ1v) is 10.1. The van der Waals surface area contributed by atoms with Gasteiger partial charge in [-0.2, -0.15) is 5.26 Å². The molecular weight excluding hydrogens is 419 g/mol. The molecule has 0 saturated heterocycles. The summed E-state index contributed by atoms with van der Waals surface area (Å²) in [5, 5.41) is 15.9. The van der Waals surface area contributed by atoms with Crippen molar-refractivity contribution in [2.75, 3.05) is 11.9 Å². The molecule has 0 bridgehead atoms. The summed E-state index contributed by atoms with van der Waals surface area (Å²) in [5.41, 5.74) is 2.08. The average molecular weight is 443 g/mol. The molecule has 0 aliphatic carbocycles. The van der Waals surface area contributed by atoms with Gasteiger partial charge in [-0.1, -0.05) is 17.7 Å². The smallest absolute Gasteiger partial charge is 0.239 e. The number of nitrogens with zero attached hydrogens (tertiary/aromatic N) is 2. The average Bonchev–Trinajstić information content (AvgIpc) is 3.29. The van der Waals surface area contributed by atoms with Crippen LogP contribution in [0.3, 0.4) is 0 Å². The van der Waals surface area contributed by atoms with Crippen molar-refractivity contribution in [1.29, 1.82) is 5.26 Å². The minimum atomic E-state index is -0.678. The van der Waals surface area contributed by atoms with Crippen molar-refractivity contribution in [3.63, 3.8) is 0 Å². The Labute approximate surface area is 185 Å². The minimum Gasteiger partial charge on any atom is -0.467 e. The highest BCUT2D eigenvalue weighted by Crippen LogP contribution is 2.29. The fraction of sp³-hybridized carbons (Fsp3) is 0.304. The number of carbonyl (C=O) groups is 1. The minimum absolute atomic E-state index is 0.0321. The SMILES string of the molecule is Cc1c(C#N)c(NC(=O)CNC(C)(C)c2ccc(F)cc2Cl)n(Cc2ccco2)c1C. The van der Waals surface area contributed by atoms with E-state index in [1.54, 1.807) is 18.4 Å². The van der Waals surface area contributed by atoms with Gasteiger partial charge in [0.05, 0.1) is 24.9 Å². The van der Waals surface area contributed by atoms with Gasteiger partial charge in [0.1, 0.15) is 23.5 Å². The van der Waals surface area contributed by atoms with Crippen LogP contribution in [0.1, 0.15) is 42.0 Å². The predicted octanol–water partition coefficient (Wildman–Crippen LogP) is 4.87. The van der Waals surface area contributed by atoms with E-state index < -0.39 is 11.4 Å². The molecule has 3 aromatic rings. The Bertz CT molecular complexity index is 1140. The maximum absolute atomic E-state index is 13.4. The molecule has 0 saturated carbocycles. The van der Waals surface area contributed by atoms with Gasteiger partial charge in [-0.15, -0.1) is 0 Å². The molecule has 0 spiro atoms. The third kappa shape index (κ3) is 4.82. The number of aromatic nitrogens is 1. The summed E-state index contributed by atoms with van der Waals surface area (Å²) in [6.07, 6.45) is 1.58. The Morgan fingerprint density at radius 2 is 2.06 bits per heavy atom. The molecule has 0 radical (unpaired) electrons. The van der Waals surface area contributed by atoms with E-state index in [1.807, 2.05) is 38.3 Å². The first kappa shape index (κ1) is 22.6. The number of benzene rings is 1. The molecule has 0 unspecified atom stereocenters. The predicted molar refractivity (Wildman–Crippen MR) is 117 cm³/mol. The number of rotatable bonds is 7. The number of hydrogen-bond donors (Lipinski definition) is 2. The van der Waals surface area contributed by atoms with Gasteiger partial charge >= 0.3 is 0 Å². The van der Waals surface area contributed by atoms with Gasteiger partial charge in [-0.05, 0) is 63.1 Å². The summed E-state index contributed by atoms with van der Waals surface area (Å²) in [6, 6.07) is 9.97. The van der Waals surface area contributed by atoms with Crippen LogP contribution in [-0.2, 0) is 16.9 Å². The molecular formula is C23H24ClFN4O2. The van der Waals surface area contributed by atoms with Crippen molar-refractivity contribution in [2.45, 2.75) is 39.8 Å². The number of anilines is 1. The lowest BCUT2D eigenvalue weighted by Gasteiger charge is -2.28. The second kappa shape index (κ2) is 8.96. The molecule has 8 heteroatoms. The summed E-state index contributed by atoms with van der Waals surface area (Å²) >= 11 is 6.18. The number of nitriles is 1. The maximum Gasteiger partial charge on any atom is 0.239 e. The van der Waals surface area contributed by atoms with Crippen LogP contribution in [0.2, 0.25) is 5.02 Å². The van der Waals surface area contributed by atoms with Gasteiger partial charge in [0.2, 0.25) is 5.91 Å². The summed E-state index contributed by atoms with van der Waals surface area (Å²) < 4.78 is 20.6. The fourth-order valence-electron chi connectivity index (χ4n) is 3.46. The summed E-state index contributed by atoms with van der Waals surface area (Å²) in [6.45, 7) is 7.81. The van der Waals surface area contributed by atoms with E-state index in [0.29, 0.717) is 29.2 Å². The van der Waals surface area contributed by atoms with Gasteiger partial charge in [0, 0.05) is 16.3 Å². The molecule has 1 aromatic carbocycles. The Morgan fingerprint density at radius 3 is 2.68 bits per heavy atom. The molecule has 0 atom stereocenters. The van der Waals surface area contributed by atoms with Crippen LogP contribution in [0.15, 0.2) is 41.0 Å². The Hall–Kier alpha value is -3.08. The zero-order valence-corrected chi connectivity index (χ0v) is 18.6. The van der Waals surface area contributed by atoms with Crippen molar-refractivity contribution in [2.24, 2.45) is 0 Å². The normalized spacial score (nSPS) is 11.4. The van der Waals surface area contributed by atoms with E-state index in [4.69, 9.17) is 16.0 Å². The zero-order chi connectivity index (χ0) is 22.8. The van der Waals surface area contributed by atoms with Crippen molar-refractivity contribution >= 4 is 23.3 Å². The second-order valence-electron chi connectivity index (χ2n) is 7.86. The summed E-state index contributed by atoms with van der Waals surface area (Å²) in [4.78, 5) is 12.8. The molecule has 0 fully saturated rings. The van der Waals surface area contributed by atoms with Gasteiger partial charge in [-0.25, -0.2) is 4.39 Å². The first-order valence-electron chi connectivity index (χ1n) is 9.76. The van der Waals surface area contributed by atoms with Crippen LogP contribution in [0.5, 0.6) is 0 Å². The van der Waals surface area contributed by atoms with Crippen LogP contribution < -0.4 is 10.6 Å². The molecule has 2 N–H and O–H groups in total. The quantitative estimate of drug-likeness (QED) is 0.546. The zero-order valence-electron chi connectivity index (χ0n) is 17.8. The van der Waals surface area contributed by atoms with Crippen LogP contribution >= 0.6 is 11.6 Å². The van der Waals surface area contributed by atoms with Crippen molar-refractivity contribution in [1.82, 2.24) is 9.88 Å². The van der Waals surface area contributed by atoms with E-state index >= 15 is 0 Å². The number of carbonyl (C=O) groups excluding carboxylic acids is 1. The topological polar surface area (TPSA) is 83.0 Å². The number of hydrogen-bond acceptors (Lipinski definition) is 4. The van der Waals surface area contributed by atoms with Gasteiger partial charge < -0.3 is 14.3 Å². The van der Waals surface area contributed by atoms with Crippen molar-refractivity contribution in [3.05, 3.63) is 75.6 Å². The molecule has 3 rings (SSSR count). The second-order valence-corrected chi connectivity index (χ2v) is 8.27. The maximum atomic E-state index is 13.4. The van der Waals surface area contributed by atoms with Crippen molar-refractivity contribution in [3.8, 4) is 6.07 Å². The Morgan fingerprint density at radius 1 is 1.32 bits per heavy atom. The summed E-state index contributed by atoms with van der Waals surface area (Å²) in [5.74, 6) is 0.400. The molecule has 31 heavy (non-hydrogen) atoms. The molecule has 1 amide bonds. The van der Waals surface area contributed by atoms with E-state index in [1.165, 1.54) is 12.1 Å². The number of amides is 1. The molecule has 6 nitrogen and oxygen atoms in total. The number of nitrogens with one attached hydrogen (secondary N) is 2. The van der Waals surface area contributed by atoms with E-state index in [0.717, 1.165) is 11.3 Å². The highest BCUT2D eigenvalue weighted by atomic mass is 35.5. The van der Waals surface area contributed by atoms with Gasteiger partial charge in [-0.3, -0.25) is 10.1 Å². The fourth-order valence-corrected chi connectivity index (χ4v) is 3.86. The van der Waals surface area contributed by atoms with E-state index in [-0.39, 0.29) is 17.5 Å². The number of halogens is 2. The molecule has 0 aliphatic rings.